The molecule has 1 heterocycles. The number of nitrogens with one attached hydrogen (secondary N) is 1. The Labute approximate surface area is 85.0 Å². The Morgan fingerprint density at radius 2 is 2.29 bits per heavy atom. The fourth-order valence-electron chi connectivity index (χ4n) is 1.21. The van der Waals surface area contributed by atoms with E-state index >= 15 is 0 Å². The molecular weight excluding hydrogens is 178 g/mol. The van der Waals surface area contributed by atoms with E-state index in [1.165, 1.54) is 0 Å². The van der Waals surface area contributed by atoms with Crippen LogP contribution in [0.4, 0.5) is 0 Å². The normalized spacial score (nSPS) is 12.0. The number of aryl methyl sites for hydroxylation is 1. The minimum absolute atomic E-state index is 0.149. The maximum Gasteiger partial charge on any atom is 0.105 e. The average molecular weight is 197 g/mol. The van der Waals surface area contributed by atoms with Gasteiger partial charge in [-0.05, 0) is 20.8 Å². The van der Waals surface area contributed by atoms with Crippen LogP contribution >= 0.6 is 0 Å². The van der Waals surface area contributed by atoms with Crippen molar-refractivity contribution in [1.29, 1.82) is 0 Å². The van der Waals surface area contributed by atoms with Crippen molar-refractivity contribution in [3.63, 3.8) is 0 Å². The molecule has 0 spiro atoms. The van der Waals surface area contributed by atoms with Crippen molar-refractivity contribution in [1.82, 2.24) is 14.9 Å². The van der Waals surface area contributed by atoms with Crippen LogP contribution in [-0.4, -0.2) is 33.3 Å². The van der Waals surface area contributed by atoms with Crippen molar-refractivity contribution in [3.05, 3.63) is 18.2 Å². The van der Waals surface area contributed by atoms with Gasteiger partial charge in [-0.3, -0.25) is 0 Å². The quantitative estimate of drug-likeness (QED) is 0.725. The van der Waals surface area contributed by atoms with Crippen LogP contribution in [-0.2, 0) is 6.54 Å². The first-order chi connectivity index (χ1) is 6.55. The van der Waals surface area contributed by atoms with Crippen LogP contribution in [0.2, 0.25) is 0 Å². The lowest BCUT2D eigenvalue weighted by Gasteiger charge is -2.23. The molecular formula is C10H19N3O. The number of nitrogens with zero attached hydrogens (tertiary/aromatic N) is 2. The summed E-state index contributed by atoms with van der Waals surface area (Å²) in [4.78, 5) is 4.14. The predicted molar refractivity (Wildman–Crippen MR) is 56.1 cm³/mol. The number of aromatic nitrogens is 2. The Bertz CT molecular complexity index is 281. The molecule has 4 nitrogen and oxygen atoms in total. The second kappa shape index (κ2) is 4.57. The lowest BCUT2D eigenvalue weighted by molar-refractivity contribution is 0.187. The van der Waals surface area contributed by atoms with E-state index in [4.69, 9.17) is 5.11 Å². The molecule has 80 valence electrons. The van der Waals surface area contributed by atoms with Crippen molar-refractivity contribution in [2.24, 2.45) is 0 Å². The van der Waals surface area contributed by atoms with E-state index in [0.717, 1.165) is 18.9 Å². The van der Waals surface area contributed by atoms with Crippen molar-refractivity contribution >= 4 is 0 Å². The van der Waals surface area contributed by atoms with Gasteiger partial charge in [0.1, 0.15) is 5.82 Å². The maximum atomic E-state index is 9.02. The number of imidazole rings is 1. The van der Waals surface area contributed by atoms with E-state index < -0.39 is 0 Å². The Balaban J connectivity index is 2.32. The number of aliphatic hydroxyl groups is 1. The molecule has 4 heteroatoms. The molecule has 0 fully saturated rings. The summed E-state index contributed by atoms with van der Waals surface area (Å²) in [6.45, 7) is 7.81. The summed E-state index contributed by atoms with van der Waals surface area (Å²) in [7, 11) is 0. The molecule has 0 bridgehead atoms. The monoisotopic (exact) mass is 197 g/mol. The Hall–Kier alpha value is -0.870. The highest BCUT2D eigenvalue weighted by Gasteiger charge is 2.14. The van der Waals surface area contributed by atoms with Crippen LogP contribution in [0.5, 0.6) is 0 Å². The highest BCUT2D eigenvalue weighted by molar-refractivity contribution is 4.88. The van der Waals surface area contributed by atoms with Crippen molar-refractivity contribution < 1.29 is 5.11 Å². The van der Waals surface area contributed by atoms with E-state index in [1.807, 2.05) is 27.0 Å². The van der Waals surface area contributed by atoms with Gasteiger partial charge in [0.15, 0.2) is 0 Å². The summed E-state index contributed by atoms with van der Waals surface area (Å²) in [5.41, 5.74) is -0.200. The third-order valence-electron chi connectivity index (χ3n) is 2.28. The zero-order valence-electron chi connectivity index (χ0n) is 9.12. The van der Waals surface area contributed by atoms with Crippen LogP contribution in [0.3, 0.4) is 0 Å². The van der Waals surface area contributed by atoms with E-state index in [0.29, 0.717) is 0 Å². The fourth-order valence-corrected chi connectivity index (χ4v) is 1.21. The third-order valence-corrected chi connectivity index (χ3v) is 2.28. The molecule has 14 heavy (non-hydrogen) atoms. The summed E-state index contributed by atoms with van der Waals surface area (Å²) < 4.78 is 2.08. The van der Waals surface area contributed by atoms with Crippen molar-refractivity contribution in [3.8, 4) is 0 Å². The SMILES string of the molecule is Cc1nccn1CCNC(C)(C)CO. The van der Waals surface area contributed by atoms with E-state index in [-0.39, 0.29) is 12.1 Å². The summed E-state index contributed by atoms with van der Waals surface area (Å²) in [5, 5.41) is 12.3. The van der Waals surface area contributed by atoms with E-state index in [1.54, 1.807) is 6.20 Å². The topological polar surface area (TPSA) is 50.1 Å². The van der Waals surface area contributed by atoms with Gasteiger partial charge in [-0.25, -0.2) is 4.98 Å². The van der Waals surface area contributed by atoms with Gasteiger partial charge in [0.2, 0.25) is 0 Å². The smallest absolute Gasteiger partial charge is 0.105 e. The number of rotatable bonds is 5. The molecule has 2 N–H and O–H groups in total. The zero-order valence-corrected chi connectivity index (χ0v) is 9.12. The number of aliphatic hydroxyl groups excluding tert-OH is 1. The van der Waals surface area contributed by atoms with Crippen LogP contribution in [0.25, 0.3) is 0 Å². The maximum absolute atomic E-state index is 9.02. The van der Waals surface area contributed by atoms with E-state index in [2.05, 4.69) is 14.9 Å². The summed E-state index contributed by atoms with van der Waals surface area (Å²) >= 11 is 0. The molecule has 0 saturated heterocycles. The molecule has 1 rings (SSSR count). The van der Waals surface area contributed by atoms with Gasteiger partial charge in [-0.1, -0.05) is 0 Å². The Morgan fingerprint density at radius 3 is 2.79 bits per heavy atom. The second-order valence-electron chi connectivity index (χ2n) is 4.14. The van der Waals surface area contributed by atoms with Gasteiger partial charge < -0.3 is 15.0 Å². The zero-order chi connectivity index (χ0) is 10.6. The van der Waals surface area contributed by atoms with E-state index in [9.17, 15) is 0 Å². The molecule has 0 unspecified atom stereocenters. The van der Waals surface area contributed by atoms with Crippen LogP contribution in [0.15, 0.2) is 12.4 Å². The lowest BCUT2D eigenvalue weighted by atomic mass is 10.1. The molecule has 0 aliphatic rings. The summed E-state index contributed by atoms with van der Waals surface area (Å²) in [6, 6.07) is 0. The van der Waals surface area contributed by atoms with Gasteiger partial charge in [0.25, 0.3) is 0 Å². The van der Waals surface area contributed by atoms with Gasteiger partial charge in [0.05, 0.1) is 6.61 Å². The van der Waals surface area contributed by atoms with Gasteiger partial charge in [-0.2, -0.15) is 0 Å². The predicted octanol–water partition coefficient (Wildman–Crippen LogP) is 0.552. The third kappa shape index (κ3) is 3.12. The standard InChI is InChI=1S/C10H19N3O/c1-9-11-4-6-13(9)7-5-12-10(2,3)8-14/h4,6,12,14H,5,7-8H2,1-3H3. The number of hydrogen-bond acceptors (Lipinski definition) is 3. The molecule has 1 aromatic rings. The van der Waals surface area contributed by atoms with Gasteiger partial charge in [-0.15, -0.1) is 0 Å². The Morgan fingerprint density at radius 1 is 1.57 bits per heavy atom. The molecule has 0 aliphatic carbocycles. The Kier molecular flexibility index (Phi) is 3.66. The van der Waals surface area contributed by atoms with Crippen LogP contribution in [0, 0.1) is 6.92 Å². The summed E-state index contributed by atoms with van der Waals surface area (Å²) in [6.07, 6.45) is 3.76. The van der Waals surface area contributed by atoms with Crippen LogP contribution in [0.1, 0.15) is 19.7 Å². The first-order valence-electron chi connectivity index (χ1n) is 4.89. The fraction of sp³-hybridized carbons (Fsp3) is 0.700. The molecule has 0 amide bonds. The van der Waals surface area contributed by atoms with Crippen molar-refractivity contribution in [2.45, 2.75) is 32.9 Å². The highest BCUT2D eigenvalue weighted by Crippen LogP contribution is 2.00. The summed E-state index contributed by atoms with van der Waals surface area (Å²) in [5.74, 6) is 1.02. The van der Waals surface area contributed by atoms with Crippen molar-refractivity contribution in [2.75, 3.05) is 13.2 Å². The number of hydrogen-bond donors (Lipinski definition) is 2. The highest BCUT2D eigenvalue weighted by atomic mass is 16.3. The largest absolute Gasteiger partial charge is 0.394 e. The van der Waals surface area contributed by atoms with Gasteiger partial charge >= 0.3 is 0 Å². The molecule has 0 aliphatic heterocycles. The minimum atomic E-state index is -0.200. The molecule has 0 aromatic carbocycles. The first-order valence-corrected chi connectivity index (χ1v) is 4.89. The molecule has 1 aromatic heterocycles. The molecule has 0 radical (unpaired) electrons. The lowest BCUT2D eigenvalue weighted by Crippen LogP contribution is -2.44. The molecule has 0 atom stereocenters. The molecule has 0 saturated carbocycles. The van der Waals surface area contributed by atoms with Gasteiger partial charge in [0, 0.05) is 31.0 Å². The average Bonchev–Trinajstić information content (AvgIpc) is 2.52. The van der Waals surface area contributed by atoms with Crippen LogP contribution < -0.4 is 5.32 Å². The first kappa shape index (κ1) is 11.2. The minimum Gasteiger partial charge on any atom is -0.394 e. The second-order valence-corrected chi connectivity index (χ2v) is 4.14.